The van der Waals surface area contributed by atoms with Crippen LogP contribution in [0, 0.1) is 5.92 Å². The number of benzene rings is 1. The average molecular weight is 424 g/mol. The smallest absolute Gasteiger partial charge is 0.309 e. The lowest BCUT2D eigenvalue weighted by Crippen LogP contribution is -2.46. The summed E-state index contributed by atoms with van der Waals surface area (Å²) in [6, 6.07) is 3.90. The third-order valence-corrected chi connectivity index (χ3v) is 5.35. The van der Waals surface area contributed by atoms with Crippen LogP contribution in [-0.4, -0.2) is 62.8 Å². The number of esters is 1. The summed E-state index contributed by atoms with van der Waals surface area (Å²) in [7, 11) is 0. The number of piperidine rings is 1. The zero-order chi connectivity index (χ0) is 20.6. The van der Waals surface area contributed by atoms with Crippen molar-refractivity contribution < 1.29 is 19.0 Å². The number of halogens is 1. The Morgan fingerprint density at radius 1 is 1.28 bits per heavy atom. The minimum absolute atomic E-state index is 0.00562. The summed E-state index contributed by atoms with van der Waals surface area (Å²) in [4.78, 5) is 18.9. The standard InChI is InChI=1S/C21H30ClN3O4/c1-3-23-21(25-9-6-16(7-10-25)20(26)27-4-2)24-8-5-15-13-17(22)19-18(14-15)28-11-12-29-19/h13-14,16H,3-12H2,1-2H3,(H,23,24). The number of nitrogens with one attached hydrogen (secondary N) is 1. The van der Waals surface area contributed by atoms with Gasteiger partial charge in [0.2, 0.25) is 0 Å². The van der Waals surface area contributed by atoms with E-state index in [2.05, 4.69) is 17.1 Å². The minimum atomic E-state index is -0.0791. The van der Waals surface area contributed by atoms with Crippen molar-refractivity contribution in [3.63, 3.8) is 0 Å². The molecule has 0 amide bonds. The number of carbonyl (C=O) groups is 1. The van der Waals surface area contributed by atoms with Gasteiger partial charge in [-0.3, -0.25) is 9.79 Å². The number of aliphatic imine (C=N–C) groups is 1. The van der Waals surface area contributed by atoms with E-state index < -0.39 is 0 Å². The van der Waals surface area contributed by atoms with Crippen LogP contribution in [-0.2, 0) is 16.0 Å². The quantitative estimate of drug-likeness (QED) is 0.431. The number of rotatable bonds is 6. The van der Waals surface area contributed by atoms with E-state index in [-0.39, 0.29) is 11.9 Å². The van der Waals surface area contributed by atoms with Crippen LogP contribution in [0.25, 0.3) is 0 Å². The Labute approximate surface area is 177 Å². The van der Waals surface area contributed by atoms with Crippen LogP contribution in [0.15, 0.2) is 17.1 Å². The van der Waals surface area contributed by atoms with Crippen molar-refractivity contribution in [1.82, 2.24) is 10.2 Å². The molecule has 1 aromatic carbocycles. The third-order valence-electron chi connectivity index (χ3n) is 5.07. The maximum Gasteiger partial charge on any atom is 0.309 e. The molecule has 0 saturated carbocycles. The number of fused-ring (bicyclic) bond motifs is 1. The second kappa shape index (κ2) is 10.6. The SMILES string of the molecule is CCNC(=NCCc1cc(Cl)c2c(c1)OCCO2)N1CCC(C(=O)OCC)CC1. The van der Waals surface area contributed by atoms with Gasteiger partial charge in [0.25, 0.3) is 0 Å². The molecule has 0 aliphatic carbocycles. The van der Waals surface area contributed by atoms with Crippen LogP contribution < -0.4 is 14.8 Å². The summed E-state index contributed by atoms with van der Waals surface area (Å²) in [6.45, 7) is 8.43. The predicted octanol–water partition coefficient (Wildman–Crippen LogP) is 2.89. The summed E-state index contributed by atoms with van der Waals surface area (Å²) >= 11 is 6.32. The molecule has 0 bridgehead atoms. The molecule has 2 heterocycles. The van der Waals surface area contributed by atoms with Gasteiger partial charge >= 0.3 is 5.97 Å². The summed E-state index contributed by atoms with van der Waals surface area (Å²) in [5.41, 5.74) is 1.07. The molecule has 7 nitrogen and oxygen atoms in total. The lowest BCUT2D eigenvalue weighted by Gasteiger charge is -2.33. The molecule has 2 aliphatic rings. The molecule has 3 rings (SSSR count). The largest absolute Gasteiger partial charge is 0.486 e. The maximum atomic E-state index is 11.9. The van der Waals surface area contributed by atoms with Gasteiger partial charge in [0, 0.05) is 26.2 Å². The molecular weight excluding hydrogens is 394 g/mol. The van der Waals surface area contributed by atoms with Crippen LogP contribution in [0.4, 0.5) is 0 Å². The molecule has 1 fully saturated rings. The molecule has 2 aliphatic heterocycles. The molecule has 1 N–H and O–H groups in total. The highest BCUT2D eigenvalue weighted by molar-refractivity contribution is 6.32. The van der Waals surface area contributed by atoms with Gasteiger partial charge in [-0.05, 0) is 50.8 Å². The highest BCUT2D eigenvalue weighted by atomic mass is 35.5. The van der Waals surface area contributed by atoms with Crippen LogP contribution in [0.1, 0.15) is 32.3 Å². The van der Waals surface area contributed by atoms with Crippen molar-refractivity contribution in [2.24, 2.45) is 10.9 Å². The Hall–Kier alpha value is -2.15. The topological polar surface area (TPSA) is 72.4 Å². The Morgan fingerprint density at radius 3 is 2.76 bits per heavy atom. The van der Waals surface area contributed by atoms with Gasteiger partial charge < -0.3 is 24.4 Å². The maximum absolute atomic E-state index is 11.9. The van der Waals surface area contributed by atoms with Gasteiger partial charge in [-0.1, -0.05) is 11.6 Å². The van der Waals surface area contributed by atoms with Gasteiger partial charge in [-0.25, -0.2) is 0 Å². The zero-order valence-electron chi connectivity index (χ0n) is 17.2. The normalized spacial score (nSPS) is 17.2. The van der Waals surface area contributed by atoms with Crippen molar-refractivity contribution in [3.05, 3.63) is 22.7 Å². The van der Waals surface area contributed by atoms with E-state index in [1.54, 1.807) is 0 Å². The molecule has 29 heavy (non-hydrogen) atoms. The number of hydrogen-bond donors (Lipinski definition) is 1. The summed E-state index contributed by atoms with van der Waals surface area (Å²) in [5, 5.41) is 3.94. The number of nitrogens with zero attached hydrogens (tertiary/aromatic N) is 2. The van der Waals surface area contributed by atoms with Gasteiger partial charge in [-0.2, -0.15) is 0 Å². The van der Waals surface area contributed by atoms with E-state index in [9.17, 15) is 4.79 Å². The van der Waals surface area contributed by atoms with Crippen LogP contribution in [0.3, 0.4) is 0 Å². The first-order chi connectivity index (χ1) is 14.1. The number of likely N-dealkylation sites (tertiary alicyclic amines) is 1. The number of hydrogen-bond acceptors (Lipinski definition) is 5. The lowest BCUT2D eigenvalue weighted by atomic mass is 9.97. The van der Waals surface area contributed by atoms with Crippen LogP contribution in [0.2, 0.25) is 5.02 Å². The fourth-order valence-electron chi connectivity index (χ4n) is 3.61. The van der Waals surface area contributed by atoms with E-state index in [0.29, 0.717) is 42.9 Å². The van der Waals surface area contributed by atoms with Crippen molar-refractivity contribution >= 4 is 23.5 Å². The fraction of sp³-hybridized carbons (Fsp3) is 0.619. The summed E-state index contributed by atoms with van der Waals surface area (Å²) < 4.78 is 16.4. The van der Waals surface area contributed by atoms with Gasteiger partial charge in [-0.15, -0.1) is 0 Å². The molecule has 0 radical (unpaired) electrons. The first kappa shape index (κ1) is 21.6. The van der Waals surface area contributed by atoms with E-state index in [1.807, 2.05) is 19.1 Å². The average Bonchev–Trinajstić information content (AvgIpc) is 2.73. The highest BCUT2D eigenvalue weighted by Crippen LogP contribution is 2.38. The van der Waals surface area contributed by atoms with Crippen molar-refractivity contribution in [3.8, 4) is 11.5 Å². The second-order valence-corrected chi connectivity index (χ2v) is 7.51. The lowest BCUT2D eigenvalue weighted by molar-refractivity contribution is -0.149. The van der Waals surface area contributed by atoms with Crippen molar-refractivity contribution in [2.75, 3.05) is 46.0 Å². The molecule has 8 heteroatoms. The molecular formula is C21H30ClN3O4. The van der Waals surface area contributed by atoms with E-state index in [4.69, 9.17) is 30.8 Å². The van der Waals surface area contributed by atoms with E-state index in [1.165, 1.54) is 0 Å². The Balaban J connectivity index is 1.57. The molecule has 1 aromatic rings. The molecule has 160 valence electrons. The number of carbonyl (C=O) groups excluding carboxylic acids is 1. The molecule has 0 unspecified atom stereocenters. The number of guanidine groups is 1. The van der Waals surface area contributed by atoms with Crippen LogP contribution >= 0.6 is 11.6 Å². The van der Waals surface area contributed by atoms with Gasteiger partial charge in [0.1, 0.15) is 13.2 Å². The molecule has 0 aromatic heterocycles. The summed E-state index contributed by atoms with van der Waals surface area (Å²) in [6.07, 6.45) is 2.34. The molecule has 1 saturated heterocycles. The van der Waals surface area contributed by atoms with E-state index in [0.717, 1.165) is 50.4 Å². The highest BCUT2D eigenvalue weighted by Gasteiger charge is 2.27. The third kappa shape index (κ3) is 5.69. The fourth-order valence-corrected chi connectivity index (χ4v) is 3.90. The zero-order valence-corrected chi connectivity index (χ0v) is 18.0. The molecule has 0 spiro atoms. The monoisotopic (exact) mass is 423 g/mol. The minimum Gasteiger partial charge on any atom is -0.486 e. The van der Waals surface area contributed by atoms with Gasteiger partial charge in [0.05, 0.1) is 17.5 Å². The van der Waals surface area contributed by atoms with Crippen molar-refractivity contribution in [1.29, 1.82) is 0 Å². The summed E-state index contributed by atoms with van der Waals surface area (Å²) in [5.74, 6) is 2.13. The van der Waals surface area contributed by atoms with E-state index >= 15 is 0 Å². The number of ether oxygens (including phenoxy) is 3. The first-order valence-corrected chi connectivity index (χ1v) is 10.8. The van der Waals surface area contributed by atoms with Gasteiger partial charge in [0.15, 0.2) is 17.5 Å². The molecule has 0 atom stereocenters. The predicted molar refractivity (Wildman–Crippen MR) is 113 cm³/mol. The first-order valence-electron chi connectivity index (χ1n) is 10.4. The van der Waals surface area contributed by atoms with Crippen LogP contribution in [0.5, 0.6) is 11.5 Å². The van der Waals surface area contributed by atoms with Crippen molar-refractivity contribution in [2.45, 2.75) is 33.1 Å². The Morgan fingerprint density at radius 2 is 2.03 bits per heavy atom. The second-order valence-electron chi connectivity index (χ2n) is 7.10. The Kier molecular flexibility index (Phi) is 7.86. The Bertz CT molecular complexity index is 733.